The molecule has 3 aromatic rings. The largest absolute Gasteiger partial charge is 0.478 e. The lowest BCUT2D eigenvalue weighted by Crippen LogP contribution is -2.25. The molecule has 1 aliphatic carbocycles. The number of rotatable bonds is 7. The summed E-state index contributed by atoms with van der Waals surface area (Å²) in [6.07, 6.45) is 5.26. The number of pyridine rings is 1. The quantitative estimate of drug-likeness (QED) is 0.377. The van der Waals surface area contributed by atoms with E-state index in [0.717, 1.165) is 35.4 Å². The molecule has 2 N–H and O–H groups in total. The summed E-state index contributed by atoms with van der Waals surface area (Å²) < 4.78 is 14.3. The molecule has 0 saturated heterocycles. The number of aromatic carboxylic acids is 1. The summed E-state index contributed by atoms with van der Waals surface area (Å²) in [5.41, 5.74) is 0.841. The average molecular weight is 474 g/mol. The van der Waals surface area contributed by atoms with Crippen molar-refractivity contribution in [1.82, 2.24) is 9.97 Å². The molecular formula is C24H28FN3O2S2. The Kier molecular flexibility index (Phi) is 6.62. The van der Waals surface area contributed by atoms with E-state index in [2.05, 4.69) is 24.1 Å². The minimum Gasteiger partial charge on any atom is -0.478 e. The number of anilines is 2. The van der Waals surface area contributed by atoms with E-state index < -0.39 is 11.6 Å². The standard InChI is InChI=1S/C24H28FN3O2S2/c1-14(2)11-19-20(15-6-8-24(3,25)9-7-15)27-23(32-19)28-21-17(22(29)30)12-16(13-26-21)18-5-4-10-31-18/h4-5,10,12-15H,6-9,11H2,1-3H3,(H,29,30)(H,26,27,28). The zero-order valence-corrected chi connectivity index (χ0v) is 20.2. The third kappa shape index (κ3) is 5.18. The molecule has 32 heavy (non-hydrogen) atoms. The van der Waals surface area contributed by atoms with Crippen molar-refractivity contribution >= 4 is 39.6 Å². The highest BCUT2D eigenvalue weighted by Crippen LogP contribution is 2.43. The summed E-state index contributed by atoms with van der Waals surface area (Å²) in [7, 11) is 0. The summed E-state index contributed by atoms with van der Waals surface area (Å²) in [5.74, 6) is -0.0383. The zero-order valence-electron chi connectivity index (χ0n) is 18.5. The SMILES string of the molecule is CC(C)Cc1sc(Nc2ncc(-c3cccs3)cc2C(=O)O)nc1C1CCC(C)(F)CC1. The van der Waals surface area contributed by atoms with Crippen LogP contribution in [0.15, 0.2) is 29.8 Å². The lowest BCUT2D eigenvalue weighted by molar-refractivity contribution is 0.0697. The molecule has 0 radical (unpaired) electrons. The van der Waals surface area contributed by atoms with E-state index in [4.69, 9.17) is 4.98 Å². The van der Waals surface area contributed by atoms with Gasteiger partial charge in [0.2, 0.25) is 0 Å². The number of thiazole rings is 1. The maximum atomic E-state index is 14.3. The van der Waals surface area contributed by atoms with Crippen LogP contribution < -0.4 is 5.32 Å². The summed E-state index contributed by atoms with van der Waals surface area (Å²) in [6.45, 7) is 6.03. The first-order chi connectivity index (χ1) is 15.2. The number of thiophene rings is 1. The van der Waals surface area contributed by atoms with Crippen LogP contribution in [0, 0.1) is 5.92 Å². The summed E-state index contributed by atoms with van der Waals surface area (Å²) >= 11 is 3.09. The van der Waals surface area contributed by atoms with Crippen molar-refractivity contribution in [1.29, 1.82) is 0 Å². The number of halogens is 1. The van der Waals surface area contributed by atoms with Gasteiger partial charge in [-0.25, -0.2) is 19.2 Å². The van der Waals surface area contributed by atoms with Gasteiger partial charge in [-0.15, -0.1) is 22.7 Å². The highest BCUT2D eigenvalue weighted by Gasteiger charge is 2.33. The van der Waals surface area contributed by atoms with Gasteiger partial charge in [-0.2, -0.15) is 0 Å². The molecule has 0 unspecified atom stereocenters. The van der Waals surface area contributed by atoms with Gasteiger partial charge in [-0.3, -0.25) is 0 Å². The lowest BCUT2D eigenvalue weighted by Gasteiger charge is -2.30. The van der Waals surface area contributed by atoms with Crippen molar-refractivity contribution in [3.8, 4) is 10.4 Å². The molecule has 1 aliphatic rings. The number of carboxylic acids is 1. The first-order valence-corrected chi connectivity index (χ1v) is 12.6. The lowest BCUT2D eigenvalue weighted by atomic mass is 9.79. The molecule has 8 heteroatoms. The molecule has 0 atom stereocenters. The smallest absolute Gasteiger partial charge is 0.339 e. The Morgan fingerprint density at radius 3 is 2.75 bits per heavy atom. The molecule has 0 aromatic carbocycles. The maximum Gasteiger partial charge on any atom is 0.339 e. The minimum atomic E-state index is -1.09. The number of carboxylic acid groups (broad SMARTS) is 1. The number of carbonyl (C=O) groups is 1. The zero-order chi connectivity index (χ0) is 22.9. The van der Waals surface area contributed by atoms with E-state index in [9.17, 15) is 14.3 Å². The van der Waals surface area contributed by atoms with Crippen LogP contribution in [0.4, 0.5) is 15.3 Å². The second-order valence-electron chi connectivity index (χ2n) is 9.14. The van der Waals surface area contributed by atoms with Gasteiger partial charge in [0.15, 0.2) is 5.13 Å². The summed E-state index contributed by atoms with van der Waals surface area (Å²) in [5, 5.41) is 15.5. The topological polar surface area (TPSA) is 75.1 Å². The Bertz CT molecular complexity index is 1080. The summed E-state index contributed by atoms with van der Waals surface area (Å²) in [6, 6.07) is 5.52. The fourth-order valence-corrected chi connectivity index (χ4v) is 6.12. The Morgan fingerprint density at radius 2 is 2.12 bits per heavy atom. The number of nitrogens with zero attached hydrogens (tertiary/aromatic N) is 2. The molecular weight excluding hydrogens is 445 g/mol. The second kappa shape index (κ2) is 9.27. The highest BCUT2D eigenvalue weighted by molar-refractivity contribution is 7.15. The molecule has 0 bridgehead atoms. The van der Waals surface area contributed by atoms with E-state index in [1.54, 1.807) is 41.9 Å². The average Bonchev–Trinajstić information content (AvgIpc) is 3.38. The van der Waals surface area contributed by atoms with Crippen molar-refractivity contribution in [3.63, 3.8) is 0 Å². The second-order valence-corrected chi connectivity index (χ2v) is 11.2. The van der Waals surface area contributed by atoms with Gasteiger partial charge in [-0.05, 0) is 62.5 Å². The Balaban J connectivity index is 1.63. The van der Waals surface area contributed by atoms with Gasteiger partial charge < -0.3 is 10.4 Å². The van der Waals surface area contributed by atoms with E-state index in [-0.39, 0.29) is 17.3 Å². The molecule has 3 aromatic heterocycles. The molecule has 170 valence electrons. The number of alkyl halides is 1. The van der Waals surface area contributed by atoms with Crippen LogP contribution in [0.1, 0.15) is 73.3 Å². The van der Waals surface area contributed by atoms with Crippen molar-refractivity contribution < 1.29 is 14.3 Å². The van der Waals surface area contributed by atoms with Crippen molar-refractivity contribution in [2.24, 2.45) is 5.92 Å². The van der Waals surface area contributed by atoms with E-state index in [0.29, 0.717) is 23.9 Å². The fraction of sp³-hybridized carbons (Fsp3) is 0.458. The predicted molar refractivity (Wildman–Crippen MR) is 129 cm³/mol. The van der Waals surface area contributed by atoms with Gasteiger partial charge in [-0.1, -0.05) is 19.9 Å². The van der Waals surface area contributed by atoms with Crippen molar-refractivity contribution in [3.05, 3.63) is 45.9 Å². The normalized spacial score (nSPS) is 21.1. The van der Waals surface area contributed by atoms with E-state index in [1.165, 1.54) is 4.88 Å². The van der Waals surface area contributed by atoms with Gasteiger partial charge in [0.05, 0.1) is 5.69 Å². The fourth-order valence-electron chi connectivity index (χ4n) is 4.15. The molecule has 4 rings (SSSR count). The number of nitrogens with one attached hydrogen (secondary N) is 1. The number of aromatic nitrogens is 2. The molecule has 5 nitrogen and oxygen atoms in total. The van der Waals surface area contributed by atoms with Crippen LogP contribution in [-0.2, 0) is 6.42 Å². The Labute approximate surface area is 195 Å². The minimum absolute atomic E-state index is 0.115. The Morgan fingerprint density at radius 1 is 1.38 bits per heavy atom. The van der Waals surface area contributed by atoms with Crippen molar-refractivity contribution in [2.75, 3.05) is 5.32 Å². The van der Waals surface area contributed by atoms with Crippen LogP contribution in [0.3, 0.4) is 0 Å². The highest BCUT2D eigenvalue weighted by atomic mass is 32.1. The first-order valence-electron chi connectivity index (χ1n) is 10.9. The molecule has 0 amide bonds. The monoisotopic (exact) mass is 473 g/mol. The molecule has 3 heterocycles. The molecule has 1 saturated carbocycles. The van der Waals surface area contributed by atoms with Gasteiger partial charge >= 0.3 is 5.97 Å². The van der Waals surface area contributed by atoms with E-state index in [1.807, 2.05) is 17.5 Å². The van der Waals surface area contributed by atoms with Crippen LogP contribution in [0.25, 0.3) is 10.4 Å². The predicted octanol–water partition coefficient (Wildman–Crippen LogP) is 7.29. The maximum absolute atomic E-state index is 14.3. The third-order valence-corrected chi connectivity index (χ3v) is 7.81. The van der Waals surface area contributed by atoms with Crippen LogP contribution in [0.5, 0.6) is 0 Å². The van der Waals surface area contributed by atoms with Crippen LogP contribution in [-0.4, -0.2) is 26.7 Å². The molecule has 0 aliphatic heterocycles. The van der Waals surface area contributed by atoms with Crippen LogP contribution in [0.2, 0.25) is 0 Å². The van der Waals surface area contributed by atoms with Crippen molar-refractivity contribution in [2.45, 2.75) is 64.5 Å². The molecule has 0 spiro atoms. The van der Waals surface area contributed by atoms with Gasteiger partial charge in [0.25, 0.3) is 0 Å². The first kappa shape index (κ1) is 22.9. The number of hydrogen-bond acceptors (Lipinski definition) is 6. The summed E-state index contributed by atoms with van der Waals surface area (Å²) in [4.78, 5) is 23.4. The number of hydrogen-bond donors (Lipinski definition) is 2. The third-order valence-electron chi connectivity index (χ3n) is 5.89. The molecule has 1 fully saturated rings. The van der Waals surface area contributed by atoms with Crippen LogP contribution >= 0.6 is 22.7 Å². The van der Waals surface area contributed by atoms with Gasteiger partial charge in [0, 0.05) is 27.4 Å². The van der Waals surface area contributed by atoms with Gasteiger partial charge in [0.1, 0.15) is 17.1 Å². The van der Waals surface area contributed by atoms with E-state index >= 15 is 0 Å². The Hall–Kier alpha value is -2.32.